The number of carbonyl (C=O) groups is 3. The third-order valence-corrected chi connectivity index (χ3v) is 4.39. The summed E-state index contributed by atoms with van der Waals surface area (Å²) in [5.74, 6) is -0.448. The Kier molecular flexibility index (Phi) is 5.19. The molecule has 0 atom stereocenters. The molecule has 2 heterocycles. The fraction of sp³-hybridized carbons (Fsp3) is 0.462. The van der Waals surface area contributed by atoms with E-state index in [1.54, 1.807) is 11.0 Å². The third kappa shape index (κ3) is 4.18. The Hall–Kier alpha value is -1.60. The summed E-state index contributed by atoms with van der Waals surface area (Å²) in [6, 6.07) is 3.17. The Bertz CT molecular complexity index is 561. The summed E-state index contributed by atoms with van der Waals surface area (Å²) in [5.41, 5.74) is 0. The van der Waals surface area contributed by atoms with E-state index in [0.29, 0.717) is 17.4 Å². The van der Waals surface area contributed by atoms with Crippen LogP contribution in [0.5, 0.6) is 0 Å². The van der Waals surface area contributed by atoms with Crippen molar-refractivity contribution in [3.05, 3.63) is 21.3 Å². The number of rotatable bonds is 5. The van der Waals surface area contributed by atoms with Gasteiger partial charge in [-0.05, 0) is 19.1 Å². The number of nitrogens with zero attached hydrogens (tertiary/aromatic N) is 2. The Morgan fingerprint density at radius 3 is 2.81 bits per heavy atom. The molecule has 0 aliphatic carbocycles. The Morgan fingerprint density at radius 1 is 1.48 bits per heavy atom. The molecule has 0 saturated carbocycles. The van der Waals surface area contributed by atoms with E-state index >= 15 is 0 Å². The SMILES string of the molecule is CCN(Cc1ccc(Cl)s1)C(=O)CN1CCC(=O)NC1=O. The second-order valence-electron chi connectivity index (χ2n) is 4.64. The van der Waals surface area contributed by atoms with Crippen LogP contribution in [0.3, 0.4) is 0 Å². The highest BCUT2D eigenvalue weighted by Gasteiger charge is 2.26. The van der Waals surface area contributed by atoms with E-state index in [0.717, 1.165) is 4.88 Å². The van der Waals surface area contributed by atoms with Crippen molar-refractivity contribution in [2.75, 3.05) is 19.6 Å². The molecule has 8 heteroatoms. The molecule has 1 aromatic rings. The van der Waals surface area contributed by atoms with Gasteiger partial charge in [0.25, 0.3) is 0 Å². The van der Waals surface area contributed by atoms with Crippen molar-refractivity contribution >= 4 is 40.8 Å². The summed E-state index contributed by atoms with van der Waals surface area (Å²) in [5, 5.41) is 2.21. The van der Waals surface area contributed by atoms with Gasteiger partial charge >= 0.3 is 6.03 Å². The molecule has 21 heavy (non-hydrogen) atoms. The third-order valence-electron chi connectivity index (χ3n) is 3.18. The molecule has 1 aliphatic rings. The second-order valence-corrected chi connectivity index (χ2v) is 6.44. The van der Waals surface area contributed by atoms with Gasteiger partial charge in [0, 0.05) is 24.4 Å². The van der Waals surface area contributed by atoms with Crippen LogP contribution in [0.15, 0.2) is 12.1 Å². The molecule has 6 nitrogen and oxygen atoms in total. The molecule has 0 unspecified atom stereocenters. The van der Waals surface area contributed by atoms with E-state index in [1.807, 2.05) is 13.0 Å². The van der Waals surface area contributed by atoms with Crippen LogP contribution in [0.2, 0.25) is 4.34 Å². The molecule has 0 radical (unpaired) electrons. The average Bonchev–Trinajstić information content (AvgIpc) is 2.84. The number of halogens is 1. The van der Waals surface area contributed by atoms with Crippen molar-refractivity contribution < 1.29 is 14.4 Å². The van der Waals surface area contributed by atoms with Gasteiger partial charge in [-0.2, -0.15) is 0 Å². The maximum absolute atomic E-state index is 12.3. The van der Waals surface area contributed by atoms with Crippen LogP contribution in [0.1, 0.15) is 18.2 Å². The van der Waals surface area contributed by atoms with Gasteiger partial charge in [0.2, 0.25) is 11.8 Å². The summed E-state index contributed by atoms with van der Waals surface area (Å²) in [7, 11) is 0. The van der Waals surface area contributed by atoms with Gasteiger partial charge in [0.05, 0.1) is 10.9 Å². The topological polar surface area (TPSA) is 69.7 Å². The molecule has 1 fully saturated rings. The van der Waals surface area contributed by atoms with Crippen LogP contribution < -0.4 is 5.32 Å². The van der Waals surface area contributed by atoms with E-state index in [4.69, 9.17) is 11.6 Å². The highest BCUT2D eigenvalue weighted by atomic mass is 35.5. The first kappa shape index (κ1) is 15.8. The molecule has 1 aromatic heterocycles. The minimum Gasteiger partial charge on any atom is -0.336 e. The van der Waals surface area contributed by atoms with Gasteiger partial charge in [-0.3, -0.25) is 14.9 Å². The normalized spacial score (nSPS) is 15.0. The number of hydrogen-bond donors (Lipinski definition) is 1. The van der Waals surface area contributed by atoms with Gasteiger partial charge < -0.3 is 9.80 Å². The molecule has 1 aliphatic heterocycles. The summed E-state index contributed by atoms with van der Waals surface area (Å²) in [6.45, 7) is 3.15. The first-order valence-corrected chi connectivity index (χ1v) is 7.79. The van der Waals surface area contributed by atoms with Crippen LogP contribution in [-0.2, 0) is 16.1 Å². The van der Waals surface area contributed by atoms with E-state index in [1.165, 1.54) is 16.2 Å². The molecule has 1 saturated heterocycles. The molecular formula is C13H16ClN3O3S. The van der Waals surface area contributed by atoms with E-state index in [-0.39, 0.29) is 31.3 Å². The van der Waals surface area contributed by atoms with E-state index in [2.05, 4.69) is 5.32 Å². The highest BCUT2D eigenvalue weighted by Crippen LogP contribution is 2.22. The molecule has 4 amide bonds. The lowest BCUT2D eigenvalue weighted by Gasteiger charge is -2.28. The predicted molar refractivity (Wildman–Crippen MR) is 80.1 cm³/mol. The first-order valence-electron chi connectivity index (χ1n) is 6.60. The smallest absolute Gasteiger partial charge is 0.324 e. The number of urea groups is 1. The maximum Gasteiger partial charge on any atom is 0.324 e. The highest BCUT2D eigenvalue weighted by molar-refractivity contribution is 7.16. The van der Waals surface area contributed by atoms with Gasteiger partial charge in [-0.25, -0.2) is 4.79 Å². The number of hydrogen-bond acceptors (Lipinski definition) is 4. The van der Waals surface area contributed by atoms with Crippen molar-refractivity contribution in [1.82, 2.24) is 15.1 Å². The quantitative estimate of drug-likeness (QED) is 0.893. The summed E-state index contributed by atoms with van der Waals surface area (Å²) in [4.78, 5) is 39.0. The maximum atomic E-state index is 12.3. The number of carbonyl (C=O) groups excluding carboxylic acids is 3. The second kappa shape index (κ2) is 6.91. The summed E-state index contributed by atoms with van der Waals surface area (Å²) < 4.78 is 0.683. The minimum absolute atomic E-state index is 0.0218. The van der Waals surface area contributed by atoms with Gasteiger partial charge in [0.15, 0.2) is 0 Å². The largest absolute Gasteiger partial charge is 0.336 e. The van der Waals surface area contributed by atoms with Crippen molar-refractivity contribution in [1.29, 1.82) is 0 Å². The first-order chi connectivity index (χ1) is 9.99. The van der Waals surface area contributed by atoms with Gasteiger partial charge in [-0.1, -0.05) is 11.6 Å². The van der Waals surface area contributed by atoms with Gasteiger partial charge in [-0.15, -0.1) is 11.3 Å². The lowest BCUT2D eigenvalue weighted by atomic mass is 10.3. The minimum atomic E-state index is -0.505. The Labute approximate surface area is 131 Å². The van der Waals surface area contributed by atoms with Crippen LogP contribution >= 0.6 is 22.9 Å². The van der Waals surface area contributed by atoms with Crippen molar-refractivity contribution in [2.45, 2.75) is 19.9 Å². The van der Waals surface area contributed by atoms with Crippen molar-refractivity contribution in [3.63, 3.8) is 0 Å². The number of imide groups is 1. The van der Waals surface area contributed by atoms with Crippen molar-refractivity contribution in [2.24, 2.45) is 0 Å². The summed E-state index contributed by atoms with van der Waals surface area (Å²) >= 11 is 7.31. The molecule has 1 N–H and O–H groups in total. The molecule has 0 spiro atoms. The van der Waals surface area contributed by atoms with Crippen LogP contribution in [0.25, 0.3) is 0 Å². The monoisotopic (exact) mass is 329 g/mol. The average molecular weight is 330 g/mol. The fourth-order valence-electron chi connectivity index (χ4n) is 2.01. The summed E-state index contributed by atoms with van der Waals surface area (Å²) in [6.07, 6.45) is 0.228. The molecule has 0 aromatic carbocycles. The van der Waals surface area contributed by atoms with E-state index < -0.39 is 6.03 Å². The zero-order chi connectivity index (χ0) is 15.4. The Morgan fingerprint density at radius 2 is 2.24 bits per heavy atom. The Balaban J connectivity index is 1.93. The lowest BCUT2D eigenvalue weighted by Crippen LogP contribution is -2.52. The fourth-order valence-corrected chi connectivity index (χ4v) is 3.12. The van der Waals surface area contributed by atoms with Crippen LogP contribution in [0, 0.1) is 0 Å². The molecular weight excluding hydrogens is 314 g/mol. The standard InChI is InChI=1S/C13H16ClN3O3S/c1-2-16(7-9-3-4-10(14)21-9)12(19)8-17-6-5-11(18)15-13(17)20/h3-4H,2,5-8H2,1H3,(H,15,18,20). The molecule has 0 bridgehead atoms. The zero-order valence-electron chi connectivity index (χ0n) is 11.6. The lowest BCUT2D eigenvalue weighted by molar-refractivity contribution is -0.133. The number of thiophene rings is 1. The zero-order valence-corrected chi connectivity index (χ0v) is 13.2. The van der Waals surface area contributed by atoms with Crippen molar-refractivity contribution in [3.8, 4) is 0 Å². The predicted octanol–water partition coefficient (Wildman–Crippen LogP) is 1.69. The van der Waals surface area contributed by atoms with Crippen LogP contribution in [0.4, 0.5) is 4.79 Å². The van der Waals surface area contributed by atoms with Crippen LogP contribution in [-0.4, -0.2) is 47.3 Å². The molecule has 2 rings (SSSR count). The number of nitrogens with one attached hydrogen (secondary N) is 1. The van der Waals surface area contributed by atoms with Gasteiger partial charge in [0.1, 0.15) is 6.54 Å². The molecule has 114 valence electrons. The van der Waals surface area contributed by atoms with E-state index in [9.17, 15) is 14.4 Å². The number of likely N-dealkylation sites (N-methyl/N-ethyl adjacent to an activating group) is 1. The number of amides is 4.